The number of aromatic nitrogens is 2. The quantitative estimate of drug-likeness (QED) is 0.900. The van der Waals surface area contributed by atoms with Crippen LogP contribution in [0.15, 0.2) is 24.3 Å². The third-order valence-electron chi connectivity index (χ3n) is 2.88. The molecule has 2 aromatic rings. The van der Waals surface area contributed by atoms with Crippen molar-refractivity contribution in [3.63, 3.8) is 0 Å². The molecule has 0 unspecified atom stereocenters. The third kappa shape index (κ3) is 2.70. The van der Waals surface area contributed by atoms with E-state index in [1.165, 1.54) is 18.4 Å². The van der Waals surface area contributed by atoms with Crippen LogP contribution in [-0.4, -0.2) is 16.2 Å². The number of aryl methyl sites for hydroxylation is 1. The van der Waals surface area contributed by atoms with Crippen molar-refractivity contribution in [1.82, 2.24) is 15.5 Å². The van der Waals surface area contributed by atoms with Gasteiger partial charge in [0.2, 0.25) is 0 Å². The molecule has 88 valence electrons. The van der Waals surface area contributed by atoms with Crippen LogP contribution in [0.5, 0.6) is 0 Å². The van der Waals surface area contributed by atoms with E-state index in [1.807, 2.05) is 0 Å². The van der Waals surface area contributed by atoms with Crippen LogP contribution in [0.1, 0.15) is 23.4 Å². The van der Waals surface area contributed by atoms with Crippen molar-refractivity contribution < 1.29 is 0 Å². The average Bonchev–Trinajstić information content (AvgIpc) is 3.06. The van der Waals surface area contributed by atoms with Crippen molar-refractivity contribution in [2.24, 2.45) is 0 Å². The lowest BCUT2D eigenvalue weighted by atomic mass is 10.2. The zero-order valence-electron chi connectivity index (χ0n) is 9.81. The normalized spacial score (nSPS) is 15.1. The minimum absolute atomic E-state index is 0.724. The fourth-order valence-corrected chi connectivity index (χ4v) is 2.45. The molecule has 1 aromatic carbocycles. The summed E-state index contributed by atoms with van der Waals surface area (Å²) < 4.78 is 0. The van der Waals surface area contributed by atoms with E-state index in [1.54, 1.807) is 11.3 Å². The molecule has 1 heterocycles. The van der Waals surface area contributed by atoms with Gasteiger partial charge in [-0.25, -0.2) is 0 Å². The van der Waals surface area contributed by atoms with E-state index in [9.17, 15) is 0 Å². The number of rotatable bonds is 4. The summed E-state index contributed by atoms with van der Waals surface area (Å²) in [5.74, 6) is 0. The Hall–Kier alpha value is -1.26. The minimum Gasteiger partial charge on any atom is -0.308 e. The topological polar surface area (TPSA) is 37.8 Å². The van der Waals surface area contributed by atoms with Crippen LogP contribution >= 0.6 is 11.3 Å². The number of nitrogens with one attached hydrogen (secondary N) is 1. The Morgan fingerprint density at radius 1 is 1.24 bits per heavy atom. The van der Waals surface area contributed by atoms with Crippen LogP contribution in [0.4, 0.5) is 0 Å². The van der Waals surface area contributed by atoms with E-state index in [0.29, 0.717) is 0 Å². The molecular weight excluding hydrogens is 230 g/mol. The Balaban J connectivity index is 1.72. The number of benzene rings is 1. The first-order valence-electron chi connectivity index (χ1n) is 5.94. The van der Waals surface area contributed by atoms with Crippen molar-refractivity contribution >= 4 is 11.3 Å². The maximum absolute atomic E-state index is 4.24. The van der Waals surface area contributed by atoms with Crippen molar-refractivity contribution in [1.29, 1.82) is 0 Å². The molecule has 17 heavy (non-hydrogen) atoms. The van der Waals surface area contributed by atoms with E-state index in [0.717, 1.165) is 28.2 Å². The van der Waals surface area contributed by atoms with Crippen LogP contribution in [-0.2, 0) is 6.54 Å². The highest BCUT2D eigenvalue weighted by Gasteiger charge is 2.20. The molecule has 0 spiro atoms. The van der Waals surface area contributed by atoms with Gasteiger partial charge in [-0.1, -0.05) is 41.2 Å². The smallest absolute Gasteiger partial charge is 0.147 e. The zero-order valence-corrected chi connectivity index (χ0v) is 10.6. The Morgan fingerprint density at radius 3 is 2.71 bits per heavy atom. The van der Waals surface area contributed by atoms with Gasteiger partial charge in [0.1, 0.15) is 10.0 Å². The number of nitrogens with zero attached hydrogens (tertiary/aromatic N) is 2. The number of hydrogen-bond acceptors (Lipinski definition) is 4. The Kier molecular flexibility index (Phi) is 2.91. The Morgan fingerprint density at radius 2 is 2.00 bits per heavy atom. The second kappa shape index (κ2) is 4.55. The van der Waals surface area contributed by atoms with Crippen LogP contribution in [0.2, 0.25) is 0 Å². The van der Waals surface area contributed by atoms with Gasteiger partial charge in [0.15, 0.2) is 0 Å². The van der Waals surface area contributed by atoms with Gasteiger partial charge in [0, 0.05) is 18.2 Å². The van der Waals surface area contributed by atoms with E-state index in [2.05, 4.69) is 46.7 Å². The second-order valence-electron chi connectivity index (χ2n) is 4.52. The zero-order chi connectivity index (χ0) is 11.7. The summed E-state index contributed by atoms with van der Waals surface area (Å²) in [6, 6.07) is 9.15. The predicted octanol–water partition coefficient (Wildman–Crippen LogP) is 2.77. The Labute approximate surface area is 105 Å². The van der Waals surface area contributed by atoms with Crippen LogP contribution < -0.4 is 5.32 Å². The molecule has 0 aliphatic heterocycles. The van der Waals surface area contributed by atoms with Crippen LogP contribution in [0, 0.1) is 6.92 Å². The van der Waals surface area contributed by atoms with Gasteiger partial charge in [0.25, 0.3) is 0 Å². The largest absolute Gasteiger partial charge is 0.308 e. The average molecular weight is 245 g/mol. The molecule has 0 amide bonds. The summed E-state index contributed by atoms with van der Waals surface area (Å²) in [6.07, 6.45) is 2.62. The predicted molar refractivity (Wildman–Crippen MR) is 69.9 cm³/mol. The van der Waals surface area contributed by atoms with Gasteiger partial charge in [-0.3, -0.25) is 0 Å². The van der Waals surface area contributed by atoms with Gasteiger partial charge in [-0.15, -0.1) is 10.2 Å². The van der Waals surface area contributed by atoms with E-state index in [4.69, 9.17) is 0 Å². The molecule has 1 aliphatic rings. The molecule has 3 rings (SSSR count). The van der Waals surface area contributed by atoms with Gasteiger partial charge in [-0.2, -0.15) is 0 Å². The van der Waals surface area contributed by atoms with E-state index < -0.39 is 0 Å². The van der Waals surface area contributed by atoms with Gasteiger partial charge < -0.3 is 5.32 Å². The number of hydrogen-bond donors (Lipinski definition) is 1. The standard InChI is InChI=1S/C13H15N3S/c1-9-2-4-10(5-3-9)13-16-15-12(17-13)8-14-11-6-7-11/h2-5,11,14H,6-8H2,1H3. The Bertz CT molecular complexity index is 500. The third-order valence-corrected chi connectivity index (χ3v) is 3.86. The fourth-order valence-electron chi connectivity index (χ4n) is 1.66. The summed E-state index contributed by atoms with van der Waals surface area (Å²) >= 11 is 1.68. The highest BCUT2D eigenvalue weighted by Crippen LogP contribution is 2.25. The maximum Gasteiger partial charge on any atom is 0.147 e. The maximum atomic E-state index is 4.24. The highest BCUT2D eigenvalue weighted by atomic mass is 32.1. The molecule has 1 N–H and O–H groups in total. The molecule has 1 fully saturated rings. The van der Waals surface area contributed by atoms with Crippen molar-refractivity contribution in [3.05, 3.63) is 34.8 Å². The molecule has 1 saturated carbocycles. The fraction of sp³-hybridized carbons (Fsp3) is 0.385. The molecule has 4 heteroatoms. The molecule has 0 bridgehead atoms. The molecule has 1 aromatic heterocycles. The molecule has 0 saturated heterocycles. The monoisotopic (exact) mass is 245 g/mol. The first kappa shape index (κ1) is 10.9. The second-order valence-corrected chi connectivity index (χ2v) is 5.58. The molecule has 1 aliphatic carbocycles. The summed E-state index contributed by atoms with van der Waals surface area (Å²) in [6.45, 7) is 2.95. The highest BCUT2D eigenvalue weighted by molar-refractivity contribution is 7.14. The lowest BCUT2D eigenvalue weighted by Gasteiger charge is -1.96. The molecular formula is C13H15N3S. The van der Waals surface area contributed by atoms with Gasteiger partial charge in [0.05, 0.1) is 0 Å². The van der Waals surface area contributed by atoms with Crippen LogP contribution in [0.25, 0.3) is 10.6 Å². The van der Waals surface area contributed by atoms with E-state index >= 15 is 0 Å². The van der Waals surface area contributed by atoms with E-state index in [-0.39, 0.29) is 0 Å². The first-order valence-corrected chi connectivity index (χ1v) is 6.76. The van der Waals surface area contributed by atoms with Crippen molar-refractivity contribution in [2.75, 3.05) is 0 Å². The van der Waals surface area contributed by atoms with Gasteiger partial charge in [-0.05, 0) is 19.8 Å². The SMILES string of the molecule is Cc1ccc(-c2nnc(CNC3CC3)s2)cc1. The van der Waals surface area contributed by atoms with Crippen LogP contribution in [0.3, 0.4) is 0 Å². The summed E-state index contributed by atoms with van der Waals surface area (Å²) in [5, 5.41) is 14.0. The summed E-state index contributed by atoms with van der Waals surface area (Å²) in [7, 11) is 0. The molecule has 3 nitrogen and oxygen atoms in total. The van der Waals surface area contributed by atoms with Crippen molar-refractivity contribution in [3.8, 4) is 10.6 Å². The minimum atomic E-state index is 0.724. The van der Waals surface area contributed by atoms with Crippen molar-refractivity contribution in [2.45, 2.75) is 32.4 Å². The summed E-state index contributed by atoms with van der Waals surface area (Å²) in [4.78, 5) is 0. The summed E-state index contributed by atoms with van der Waals surface area (Å²) in [5.41, 5.74) is 2.43. The first-order chi connectivity index (χ1) is 8.31. The lowest BCUT2D eigenvalue weighted by Crippen LogP contribution is -2.14. The molecule has 0 radical (unpaired) electrons. The van der Waals surface area contributed by atoms with Gasteiger partial charge >= 0.3 is 0 Å². The molecule has 0 atom stereocenters. The lowest BCUT2D eigenvalue weighted by molar-refractivity contribution is 0.679.